The van der Waals surface area contributed by atoms with Gasteiger partial charge in [-0.2, -0.15) is 0 Å². The maximum Gasteiger partial charge on any atom is 0.0277 e. The average molecular weight is 289 g/mol. The molecule has 0 bridgehead atoms. The summed E-state index contributed by atoms with van der Waals surface area (Å²) in [7, 11) is 0. The number of alkyl halides is 1. The Morgan fingerprint density at radius 3 is 1.53 bits per heavy atom. The van der Waals surface area contributed by atoms with Crippen LogP contribution >= 0.6 is 11.6 Å². The molecule has 19 heavy (non-hydrogen) atoms. The molecule has 1 heteroatoms. The number of unbranched alkanes of at least 4 members (excludes halogenated alkanes) is 9. The molecule has 0 saturated carbocycles. The summed E-state index contributed by atoms with van der Waals surface area (Å²) in [6.07, 6.45) is 18.1. The monoisotopic (exact) mass is 288 g/mol. The van der Waals surface area contributed by atoms with Crippen molar-refractivity contribution < 1.29 is 0 Å². The van der Waals surface area contributed by atoms with Crippen LogP contribution in [0.15, 0.2) is 0 Å². The fourth-order valence-corrected chi connectivity index (χ4v) is 3.17. The first-order chi connectivity index (χ1) is 9.18. The molecule has 0 N–H and O–H groups in total. The number of hydrogen-bond acceptors (Lipinski definition) is 0. The van der Waals surface area contributed by atoms with Crippen molar-refractivity contribution in [3.8, 4) is 0 Å². The molecule has 0 aromatic carbocycles. The van der Waals surface area contributed by atoms with Crippen molar-refractivity contribution in [2.45, 2.75) is 104 Å². The van der Waals surface area contributed by atoms with Crippen LogP contribution in [0.25, 0.3) is 0 Å². The Balaban J connectivity index is 3.30. The zero-order chi connectivity index (χ0) is 14.4. The first kappa shape index (κ1) is 19.3. The molecular formula is C18H37Cl. The van der Waals surface area contributed by atoms with Crippen LogP contribution in [-0.2, 0) is 0 Å². The molecule has 0 radical (unpaired) electrons. The Bertz CT molecular complexity index is 179. The van der Waals surface area contributed by atoms with Crippen LogP contribution in [0.4, 0.5) is 0 Å². The lowest BCUT2D eigenvalue weighted by molar-refractivity contribution is 0.296. The van der Waals surface area contributed by atoms with Gasteiger partial charge in [0, 0.05) is 5.88 Å². The van der Waals surface area contributed by atoms with Gasteiger partial charge in [-0.3, -0.25) is 0 Å². The summed E-state index contributed by atoms with van der Waals surface area (Å²) < 4.78 is 0. The van der Waals surface area contributed by atoms with Crippen molar-refractivity contribution >= 4 is 11.6 Å². The van der Waals surface area contributed by atoms with Gasteiger partial charge >= 0.3 is 0 Å². The summed E-state index contributed by atoms with van der Waals surface area (Å²) >= 11 is 6.11. The fraction of sp³-hybridized carbons (Fsp3) is 1.00. The van der Waals surface area contributed by atoms with E-state index in [0.717, 1.165) is 5.88 Å². The Kier molecular flexibility index (Phi) is 13.5. The third kappa shape index (κ3) is 11.8. The summed E-state index contributed by atoms with van der Waals surface area (Å²) in [4.78, 5) is 0. The van der Waals surface area contributed by atoms with Gasteiger partial charge in [0.2, 0.25) is 0 Å². The minimum Gasteiger partial charge on any atom is -0.126 e. The maximum atomic E-state index is 6.11. The Morgan fingerprint density at radius 2 is 1.11 bits per heavy atom. The van der Waals surface area contributed by atoms with E-state index in [2.05, 4.69) is 20.8 Å². The van der Waals surface area contributed by atoms with E-state index in [1.54, 1.807) is 0 Å². The Labute approximate surface area is 127 Å². The molecule has 0 aliphatic rings. The molecule has 0 rings (SSSR count). The van der Waals surface area contributed by atoms with E-state index in [-0.39, 0.29) is 0 Å². The lowest BCUT2D eigenvalue weighted by atomic mass is 9.82. The highest BCUT2D eigenvalue weighted by molar-refractivity contribution is 6.18. The quantitative estimate of drug-likeness (QED) is 0.232. The smallest absolute Gasteiger partial charge is 0.0277 e. The van der Waals surface area contributed by atoms with E-state index in [4.69, 9.17) is 11.6 Å². The summed E-state index contributed by atoms with van der Waals surface area (Å²) in [5.74, 6) is 0.832. The highest BCUT2D eigenvalue weighted by Crippen LogP contribution is 2.31. The van der Waals surface area contributed by atoms with E-state index in [0.29, 0.717) is 5.41 Å². The van der Waals surface area contributed by atoms with E-state index in [1.165, 1.54) is 83.5 Å². The van der Waals surface area contributed by atoms with Crippen LogP contribution in [0.5, 0.6) is 0 Å². The molecule has 116 valence electrons. The molecule has 1 atom stereocenters. The van der Waals surface area contributed by atoms with Gasteiger partial charge in [0.15, 0.2) is 0 Å². The maximum absolute atomic E-state index is 6.11. The average Bonchev–Trinajstić information content (AvgIpc) is 2.41. The van der Waals surface area contributed by atoms with Crippen molar-refractivity contribution in [1.82, 2.24) is 0 Å². The van der Waals surface area contributed by atoms with Crippen LogP contribution in [-0.4, -0.2) is 5.88 Å². The van der Waals surface area contributed by atoms with Gasteiger partial charge in [0.25, 0.3) is 0 Å². The second-order valence-electron chi connectivity index (χ2n) is 6.63. The third-order valence-electron chi connectivity index (χ3n) is 4.31. The minimum atomic E-state index is 0.399. The number of rotatable bonds is 14. The number of hydrogen-bond donors (Lipinski definition) is 0. The highest BCUT2D eigenvalue weighted by atomic mass is 35.5. The fourth-order valence-electron chi connectivity index (χ4n) is 2.90. The van der Waals surface area contributed by atoms with Gasteiger partial charge in [-0.05, 0) is 18.3 Å². The Morgan fingerprint density at radius 1 is 0.632 bits per heavy atom. The summed E-state index contributed by atoms with van der Waals surface area (Å²) in [6, 6.07) is 0. The zero-order valence-electron chi connectivity index (χ0n) is 13.8. The molecule has 0 spiro atoms. The van der Waals surface area contributed by atoms with Gasteiger partial charge in [-0.25, -0.2) is 0 Å². The molecule has 0 aliphatic heterocycles. The molecule has 0 heterocycles. The van der Waals surface area contributed by atoms with Crippen molar-refractivity contribution in [3.63, 3.8) is 0 Å². The second kappa shape index (κ2) is 13.3. The number of halogens is 1. The lowest BCUT2D eigenvalue weighted by Gasteiger charge is -2.26. The molecule has 0 fully saturated rings. The molecular weight excluding hydrogens is 252 g/mol. The third-order valence-corrected chi connectivity index (χ3v) is 4.96. The van der Waals surface area contributed by atoms with Crippen molar-refractivity contribution in [3.05, 3.63) is 0 Å². The second-order valence-corrected chi connectivity index (χ2v) is 6.89. The van der Waals surface area contributed by atoms with Crippen LogP contribution in [0.3, 0.4) is 0 Å². The van der Waals surface area contributed by atoms with Gasteiger partial charge in [0.05, 0.1) is 0 Å². The standard InChI is InChI=1S/C18H37Cl/c1-4-6-7-8-9-10-11-12-13-14-16-18(3,17-19)15-5-2/h4-17H2,1-3H3. The van der Waals surface area contributed by atoms with E-state index < -0.39 is 0 Å². The summed E-state index contributed by atoms with van der Waals surface area (Å²) in [6.45, 7) is 6.91. The van der Waals surface area contributed by atoms with E-state index in [1.807, 2.05) is 0 Å². The summed E-state index contributed by atoms with van der Waals surface area (Å²) in [5, 5.41) is 0. The van der Waals surface area contributed by atoms with Gasteiger partial charge in [-0.1, -0.05) is 91.4 Å². The van der Waals surface area contributed by atoms with Crippen molar-refractivity contribution in [2.75, 3.05) is 5.88 Å². The minimum absolute atomic E-state index is 0.399. The molecule has 0 aromatic heterocycles. The molecule has 0 aliphatic carbocycles. The first-order valence-corrected chi connectivity index (χ1v) is 9.28. The normalized spacial score (nSPS) is 14.5. The van der Waals surface area contributed by atoms with Crippen LogP contribution in [0, 0.1) is 5.41 Å². The van der Waals surface area contributed by atoms with Crippen molar-refractivity contribution in [2.24, 2.45) is 5.41 Å². The Hall–Kier alpha value is 0.290. The van der Waals surface area contributed by atoms with Crippen LogP contribution < -0.4 is 0 Å². The van der Waals surface area contributed by atoms with Crippen molar-refractivity contribution in [1.29, 1.82) is 0 Å². The van der Waals surface area contributed by atoms with Gasteiger partial charge in [-0.15, -0.1) is 11.6 Å². The van der Waals surface area contributed by atoms with Crippen LogP contribution in [0.1, 0.15) is 104 Å². The van der Waals surface area contributed by atoms with E-state index >= 15 is 0 Å². The molecule has 0 saturated heterocycles. The molecule has 0 amide bonds. The molecule has 0 nitrogen and oxygen atoms in total. The molecule has 1 unspecified atom stereocenters. The lowest BCUT2D eigenvalue weighted by Crippen LogP contribution is -2.18. The van der Waals surface area contributed by atoms with Crippen LogP contribution in [0.2, 0.25) is 0 Å². The van der Waals surface area contributed by atoms with Gasteiger partial charge in [0.1, 0.15) is 0 Å². The van der Waals surface area contributed by atoms with Gasteiger partial charge < -0.3 is 0 Å². The van der Waals surface area contributed by atoms with E-state index in [9.17, 15) is 0 Å². The summed E-state index contributed by atoms with van der Waals surface area (Å²) in [5.41, 5.74) is 0.399. The highest BCUT2D eigenvalue weighted by Gasteiger charge is 2.21. The zero-order valence-corrected chi connectivity index (χ0v) is 14.5. The SMILES string of the molecule is CCCCCCCCCCCCC(C)(CCl)CCC. The predicted molar refractivity (Wildman–Crippen MR) is 90.2 cm³/mol. The predicted octanol–water partition coefficient (Wildman–Crippen LogP) is 7.34. The largest absolute Gasteiger partial charge is 0.126 e. The molecule has 0 aromatic rings. The topological polar surface area (TPSA) is 0 Å². The first-order valence-electron chi connectivity index (χ1n) is 8.74.